The van der Waals surface area contributed by atoms with Crippen molar-refractivity contribution < 1.29 is 14.3 Å². The van der Waals surface area contributed by atoms with Gasteiger partial charge in [0.25, 0.3) is 11.9 Å². The Morgan fingerprint density at radius 1 is 1.14 bits per heavy atom. The number of aryl methyl sites for hydroxylation is 1. The molecule has 0 saturated carbocycles. The summed E-state index contributed by atoms with van der Waals surface area (Å²) in [6.07, 6.45) is 4.23. The standard InChI is InChI=1S/C25H26ClN7O3/c1-3-4-8-22-27-14-21(32(22)15-17-9-11-19(12-10-17)24(35)36-2)23(34)33(25-28-30-31-29-25)16-18-6-5-7-20(26)13-18/h5-7,9-14H,3-4,8,15-16H2,1-2H3,(H,28,29,30,31). The van der Waals surface area contributed by atoms with Crippen molar-refractivity contribution in [2.45, 2.75) is 39.3 Å². The SMILES string of the molecule is CCCCc1ncc(C(=O)N(Cc2cccc(Cl)c2)c2nn[nH]n2)n1Cc1ccc(C(=O)OC)cc1. The van der Waals surface area contributed by atoms with Crippen LogP contribution in [0.4, 0.5) is 5.95 Å². The quantitative estimate of drug-likeness (QED) is 0.321. The molecular weight excluding hydrogens is 482 g/mol. The number of methoxy groups -OCH3 is 1. The molecule has 4 rings (SSSR count). The lowest BCUT2D eigenvalue weighted by Crippen LogP contribution is -2.33. The van der Waals surface area contributed by atoms with Gasteiger partial charge in [0.15, 0.2) is 0 Å². The van der Waals surface area contributed by atoms with Gasteiger partial charge in [-0.2, -0.15) is 5.21 Å². The molecule has 1 amide bonds. The third-order valence-electron chi connectivity index (χ3n) is 5.68. The van der Waals surface area contributed by atoms with E-state index in [2.05, 4.69) is 32.5 Å². The molecule has 10 nitrogen and oxygen atoms in total. The van der Waals surface area contributed by atoms with E-state index >= 15 is 0 Å². The molecular formula is C25H26ClN7O3. The van der Waals surface area contributed by atoms with E-state index in [-0.39, 0.29) is 18.4 Å². The number of tetrazole rings is 1. The number of aromatic amines is 1. The highest BCUT2D eigenvalue weighted by molar-refractivity contribution is 6.30. The summed E-state index contributed by atoms with van der Waals surface area (Å²) >= 11 is 6.16. The first-order chi connectivity index (χ1) is 17.5. The summed E-state index contributed by atoms with van der Waals surface area (Å²) in [7, 11) is 1.35. The van der Waals surface area contributed by atoms with Gasteiger partial charge < -0.3 is 9.30 Å². The molecule has 2 heterocycles. The number of halogens is 1. The summed E-state index contributed by atoms with van der Waals surface area (Å²) in [5.41, 5.74) is 2.58. The lowest BCUT2D eigenvalue weighted by atomic mass is 10.1. The zero-order valence-electron chi connectivity index (χ0n) is 20.0. The number of hydrogen-bond acceptors (Lipinski definition) is 7. The molecule has 186 valence electrons. The number of H-pyrrole nitrogens is 1. The maximum atomic E-state index is 13.9. The Hall–Kier alpha value is -4.05. The van der Waals surface area contributed by atoms with Crippen LogP contribution in [0.1, 0.15) is 57.6 Å². The van der Waals surface area contributed by atoms with E-state index in [0.29, 0.717) is 22.8 Å². The van der Waals surface area contributed by atoms with E-state index in [4.69, 9.17) is 16.3 Å². The van der Waals surface area contributed by atoms with Gasteiger partial charge in [0, 0.05) is 18.0 Å². The number of nitrogens with one attached hydrogen (secondary N) is 1. The molecule has 2 aromatic heterocycles. The molecule has 0 radical (unpaired) electrons. The molecule has 4 aromatic rings. The maximum absolute atomic E-state index is 13.9. The van der Waals surface area contributed by atoms with Gasteiger partial charge in [-0.05, 0) is 47.0 Å². The highest BCUT2D eigenvalue weighted by Crippen LogP contribution is 2.20. The van der Waals surface area contributed by atoms with E-state index in [1.165, 1.54) is 12.0 Å². The molecule has 0 fully saturated rings. The van der Waals surface area contributed by atoms with Gasteiger partial charge in [0.1, 0.15) is 11.5 Å². The van der Waals surface area contributed by atoms with Crippen molar-refractivity contribution in [2.75, 3.05) is 12.0 Å². The number of aromatic nitrogens is 6. The fourth-order valence-corrected chi connectivity index (χ4v) is 4.02. The Morgan fingerprint density at radius 3 is 2.61 bits per heavy atom. The van der Waals surface area contributed by atoms with Gasteiger partial charge in [0.2, 0.25) is 0 Å². The van der Waals surface area contributed by atoms with Crippen molar-refractivity contribution in [3.05, 3.63) is 88.0 Å². The summed E-state index contributed by atoms with van der Waals surface area (Å²) in [6.45, 7) is 2.70. The monoisotopic (exact) mass is 507 g/mol. The van der Waals surface area contributed by atoms with Crippen molar-refractivity contribution in [2.24, 2.45) is 0 Å². The highest BCUT2D eigenvalue weighted by atomic mass is 35.5. The zero-order valence-corrected chi connectivity index (χ0v) is 20.8. The number of carbonyl (C=O) groups excluding carboxylic acids is 2. The number of ether oxygens (including phenoxy) is 1. The van der Waals surface area contributed by atoms with Crippen LogP contribution in [0.5, 0.6) is 0 Å². The Kier molecular flexibility index (Phi) is 8.06. The van der Waals surface area contributed by atoms with Crippen LogP contribution in [-0.4, -0.2) is 49.2 Å². The fourth-order valence-electron chi connectivity index (χ4n) is 3.80. The van der Waals surface area contributed by atoms with Crippen molar-refractivity contribution in [3.8, 4) is 0 Å². The number of carbonyl (C=O) groups is 2. The van der Waals surface area contributed by atoms with Crippen molar-refractivity contribution >= 4 is 29.4 Å². The number of imidazole rings is 1. The van der Waals surface area contributed by atoms with E-state index in [1.54, 1.807) is 30.5 Å². The summed E-state index contributed by atoms with van der Waals surface area (Å²) in [4.78, 5) is 31.7. The second-order valence-corrected chi connectivity index (χ2v) is 8.61. The van der Waals surface area contributed by atoms with Gasteiger partial charge in [-0.15, -0.1) is 5.10 Å². The predicted octanol–water partition coefficient (Wildman–Crippen LogP) is 4.07. The maximum Gasteiger partial charge on any atom is 0.337 e. The molecule has 0 aliphatic rings. The van der Waals surface area contributed by atoms with Gasteiger partial charge in [0.05, 0.1) is 25.4 Å². The topological polar surface area (TPSA) is 119 Å². The van der Waals surface area contributed by atoms with Crippen LogP contribution in [0.2, 0.25) is 5.02 Å². The minimum atomic E-state index is -0.402. The average molecular weight is 508 g/mol. The lowest BCUT2D eigenvalue weighted by molar-refractivity contribution is 0.0600. The second kappa shape index (κ2) is 11.6. The number of rotatable bonds is 10. The van der Waals surface area contributed by atoms with Crippen LogP contribution < -0.4 is 4.90 Å². The van der Waals surface area contributed by atoms with Crippen LogP contribution in [0.3, 0.4) is 0 Å². The van der Waals surface area contributed by atoms with Crippen LogP contribution >= 0.6 is 11.6 Å². The number of hydrogen-bond donors (Lipinski definition) is 1. The highest BCUT2D eigenvalue weighted by Gasteiger charge is 2.26. The van der Waals surface area contributed by atoms with Gasteiger partial charge >= 0.3 is 5.97 Å². The molecule has 0 spiro atoms. The molecule has 0 aliphatic carbocycles. The first-order valence-electron chi connectivity index (χ1n) is 11.5. The van der Waals surface area contributed by atoms with Crippen molar-refractivity contribution in [3.63, 3.8) is 0 Å². The van der Waals surface area contributed by atoms with Crippen LogP contribution in [-0.2, 0) is 24.2 Å². The van der Waals surface area contributed by atoms with E-state index < -0.39 is 5.97 Å². The molecule has 36 heavy (non-hydrogen) atoms. The smallest absolute Gasteiger partial charge is 0.337 e. The van der Waals surface area contributed by atoms with Crippen LogP contribution in [0.15, 0.2) is 54.7 Å². The van der Waals surface area contributed by atoms with Gasteiger partial charge in [-0.3, -0.25) is 9.69 Å². The normalized spacial score (nSPS) is 10.9. The third kappa shape index (κ3) is 5.77. The fraction of sp³-hybridized carbons (Fsp3) is 0.280. The van der Waals surface area contributed by atoms with Gasteiger partial charge in [-0.1, -0.05) is 54.3 Å². The van der Waals surface area contributed by atoms with Gasteiger partial charge in [-0.25, -0.2) is 9.78 Å². The molecule has 0 saturated heterocycles. The minimum absolute atomic E-state index is 0.144. The van der Waals surface area contributed by atoms with E-state index in [0.717, 1.165) is 36.2 Å². The number of amides is 1. The number of anilines is 1. The van der Waals surface area contributed by atoms with E-state index in [1.807, 2.05) is 28.8 Å². The Labute approximate surface area is 213 Å². The van der Waals surface area contributed by atoms with Crippen molar-refractivity contribution in [1.29, 1.82) is 0 Å². The summed E-state index contributed by atoms with van der Waals surface area (Å²) < 4.78 is 6.68. The molecule has 11 heteroatoms. The molecule has 1 N–H and O–H groups in total. The van der Waals surface area contributed by atoms with Crippen molar-refractivity contribution in [1.82, 2.24) is 30.2 Å². The summed E-state index contributed by atoms with van der Waals surface area (Å²) in [6, 6.07) is 14.3. The second-order valence-electron chi connectivity index (χ2n) is 8.17. The molecule has 0 atom stereocenters. The summed E-state index contributed by atoms with van der Waals surface area (Å²) in [5, 5.41) is 14.7. The first kappa shape index (κ1) is 25.1. The third-order valence-corrected chi connectivity index (χ3v) is 5.91. The number of esters is 1. The Bertz CT molecular complexity index is 1320. The van der Waals surface area contributed by atoms with Crippen LogP contribution in [0, 0.1) is 0 Å². The predicted molar refractivity (Wildman–Crippen MR) is 134 cm³/mol. The average Bonchev–Trinajstić information content (AvgIpc) is 3.56. The Balaban J connectivity index is 1.68. The Morgan fingerprint density at radius 2 is 1.94 bits per heavy atom. The largest absolute Gasteiger partial charge is 0.465 e. The molecule has 0 unspecified atom stereocenters. The first-order valence-corrected chi connectivity index (χ1v) is 11.9. The number of nitrogens with zero attached hydrogens (tertiary/aromatic N) is 6. The number of benzene rings is 2. The van der Waals surface area contributed by atoms with Crippen LogP contribution in [0.25, 0.3) is 0 Å². The summed E-state index contributed by atoms with van der Waals surface area (Å²) in [5.74, 6) is 0.219. The molecule has 0 aliphatic heterocycles. The van der Waals surface area contributed by atoms with E-state index in [9.17, 15) is 9.59 Å². The zero-order chi connectivity index (χ0) is 25.5. The number of unbranched alkanes of at least 4 members (excludes halogenated alkanes) is 1. The minimum Gasteiger partial charge on any atom is -0.465 e. The lowest BCUT2D eigenvalue weighted by Gasteiger charge is -2.20. The molecule has 2 aromatic carbocycles. The molecule has 0 bridgehead atoms.